The van der Waals surface area contributed by atoms with Crippen LogP contribution in [0.4, 0.5) is 0 Å². The highest BCUT2D eigenvalue weighted by Gasteiger charge is 2.17. The van der Waals surface area contributed by atoms with Crippen LogP contribution in [0.3, 0.4) is 0 Å². The molecule has 1 N–H and O–H groups in total. The Morgan fingerprint density at radius 3 is 2.61 bits per heavy atom. The summed E-state index contributed by atoms with van der Waals surface area (Å²) in [6.07, 6.45) is 3.55. The van der Waals surface area contributed by atoms with Crippen LogP contribution in [0.1, 0.15) is 12.1 Å². The molecule has 1 saturated heterocycles. The summed E-state index contributed by atoms with van der Waals surface area (Å²) >= 11 is 0. The average Bonchev–Trinajstić information content (AvgIpc) is 2.39. The van der Waals surface area contributed by atoms with Gasteiger partial charge in [-0.15, -0.1) is 0 Å². The lowest BCUT2D eigenvalue weighted by atomic mass is 10.2. The van der Waals surface area contributed by atoms with E-state index in [1.807, 2.05) is 6.07 Å². The van der Waals surface area contributed by atoms with Gasteiger partial charge >= 0.3 is 5.97 Å². The van der Waals surface area contributed by atoms with Crippen molar-refractivity contribution in [3.05, 3.63) is 24.3 Å². The van der Waals surface area contributed by atoms with Crippen LogP contribution in [-0.2, 0) is 11.3 Å². The molecule has 0 bridgehead atoms. The Balaban J connectivity index is 1.72. The summed E-state index contributed by atoms with van der Waals surface area (Å²) in [4.78, 5) is 23.1. The monoisotopic (exact) mass is 250 g/mol. The van der Waals surface area contributed by atoms with Gasteiger partial charge in [-0.05, 0) is 6.07 Å². The standard InChI is InChI=1S/C12H18N4O2/c17-12(18)2-4-15-5-7-16(8-6-15)9-11-1-3-13-10-14-11/h1,3,10H,2,4-9H2,(H,17,18). The van der Waals surface area contributed by atoms with E-state index in [9.17, 15) is 4.79 Å². The summed E-state index contributed by atoms with van der Waals surface area (Å²) in [5, 5.41) is 8.64. The summed E-state index contributed by atoms with van der Waals surface area (Å²) in [5.41, 5.74) is 1.03. The minimum atomic E-state index is -0.724. The van der Waals surface area contributed by atoms with Gasteiger partial charge in [0.2, 0.25) is 0 Å². The maximum atomic E-state index is 10.5. The highest BCUT2D eigenvalue weighted by atomic mass is 16.4. The highest BCUT2D eigenvalue weighted by molar-refractivity contribution is 5.66. The fraction of sp³-hybridized carbons (Fsp3) is 0.583. The van der Waals surface area contributed by atoms with E-state index in [1.165, 1.54) is 0 Å². The van der Waals surface area contributed by atoms with Gasteiger partial charge in [-0.25, -0.2) is 9.97 Å². The smallest absolute Gasteiger partial charge is 0.304 e. The van der Waals surface area contributed by atoms with E-state index in [1.54, 1.807) is 12.5 Å². The molecule has 0 amide bonds. The second kappa shape index (κ2) is 6.42. The highest BCUT2D eigenvalue weighted by Crippen LogP contribution is 2.06. The fourth-order valence-corrected chi connectivity index (χ4v) is 2.07. The zero-order valence-electron chi connectivity index (χ0n) is 10.3. The number of aliphatic carboxylic acids is 1. The number of nitrogens with zero attached hydrogens (tertiary/aromatic N) is 4. The van der Waals surface area contributed by atoms with Crippen LogP contribution in [0.15, 0.2) is 18.6 Å². The Morgan fingerprint density at radius 1 is 1.28 bits per heavy atom. The van der Waals surface area contributed by atoms with Gasteiger partial charge in [0.15, 0.2) is 0 Å². The number of carboxylic acid groups (broad SMARTS) is 1. The van der Waals surface area contributed by atoms with Crippen molar-refractivity contribution < 1.29 is 9.90 Å². The molecule has 1 aromatic rings. The maximum absolute atomic E-state index is 10.5. The van der Waals surface area contributed by atoms with Crippen molar-refractivity contribution in [2.45, 2.75) is 13.0 Å². The number of carboxylic acids is 1. The summed E-state index contributed by atoms with van der Waals surface area (Å²) in [6, 6.07) is 1.93. The van der Waals surface area contributed by atoms with E-state index in [4.69, 9.17) is 5.11 Å². The largest absolute Gasteiger partial charge is 0.481 e. The normalized spacial score (nSPS) is 17.8. The molecule has 0 atom stereocenters. The first-order valence-electron chi connectivity index (χ1n) is 6.15. The van der Waals surface area contributed by atoms with Crippen LogP contribution < -0.4 is 0 Å². The first kappa shape index (κ1) is 12.9. The summed E-state index contributed by atoms with van der Waals surface area (Å²) < 4.78 is 0. The van der Waals surface area contributed by atoms with Gasteiger partial charge < -0.3 is 10.0 Å². The second-order valence-corrected chi connectivity index (χ2v) is 4.46. The van der Waals surface area contributed by atoms with Gasteiger partial charge in [0.25, 0.3) is 0 Å². The summed E-state index contributed by atoms with van der Waals surface area (Å²) in [5.74, 6) is -0.724. The van der Waals surface area contributed by atoms with Crippen molar-refractivity contribution in [2.75, 3.05) is 32.7 Å². The number of aromatic nitrogens is 2. The Bertz CT molecular complexity index is 377. The lowest BCUT2D eigenvalue weighted by Crippen LogP contribution is -2.46. The van der Waals surface area contributed by atoms with E-state index in [2.05, 4.69) is 19.8 Å². The van der Waals surface area contributed by atoms with Crippen LogP contribution in [-0.4, -0.2) is 63.6 Å². The van der Waals surface area contributed by atoms with E-state index < -0.39 is 5.97 Å². The van der Waals surface area contributed by atoms with E-state index >= 15 is 0 Å². The lowest BCUT2D eigenvalue weighted by molar-refractivity contribution is -0.137. The molecule has 0 radical (unpaired) electrons. The third-order valence-electron chi connectivity index (χ3n) is 3.14. The molecule has 18 heavy (non-hydrogen) atoms. The number of hydrogen-bond donors (Lipinski definition) is 1. The van der Waals surface area contributed by atoms with Crippen LogP contribution in [0.25, 0.3) is 0 Å². The van der Waals surface area contributed by atoms with Crippen molar-refractivity contribution in [1.82, 2.24) is 19.8 Å². The van der Waals surface area contributed by atoms with Crippen molar-refractivity contribution in [1.29, 1.82) is 0 Å². The first-order chi connectivity index (χ1) is 8.74. The number of piperazine rings is 1. The molecule has 0 unspecified atom stereocenters. The molecular formula is C12H18N4O2. The van der Waals surface area contributed by atoms with Gasteiger partial charge in [0.05, 0.1) is 12.1 Å². The van der Waals surface area contributed by atoms with Gasteiger partial charge in [-0.2, -0.15) is 0 Å². The summed E-state index contributed by atoms with van der Waals surface area (Å²) in [6.45, 7) is 5.27. The molecule has 1 fully saturated rings. The molecular weight excluding hydrogens is 232 g/mol. The topological polar surface area (TPSA) is 69.6 Å². The van der Waals surface area contributed by atoms with Crippen molar-refractivity contribution in [2.24, 2.45) is 0 Å². The number of rotatable bonds is 5. The molecule has 1 aliphatic rings. The van der Waals surface area contributed by atoms with E-state index in [0.29, 0.717) is 6.54 Å². The molecule has 1 aromatic heterocycles. The molecule has 0 aliphatic carbocycles. The molecule has 0 spiro atoms. The maximum Gasteiger partial charge on any atom is 0.304 e. The lowest BCUT2D eigenvalue weighted by Gasteiger charge is -2.34. The molecule has 2 heterocycles. The molecule has 98 valence electrons. The minimum Gasteiger partial charge on any atom is -0.481 e. The Hall–Kier alpha value is -1.53. The van der Waals surface area contributed by atoms with Crippen LogP contribution in [0.2, 0.25) is 0 Å². The molecule has 6 nitrogen and oxygen atoms in total. The second-order valence-electron chi connectivity index (χ2n) is 4.46. The zero-order valence-corrected chi connectivity index (χ0v) is 10.3. The molecule has 1 aliphatic heterocycles. The fourth-order valence-electron chi connectivity index (χ4n) is 2.07. The van der Waals surface area contributed by atoms with Gasteiger partial charge in [-0.3, -0.25) is 9.69 Å². The van der Waals surface area contributed by atoms with Gasteiger partial charge in [-0.1, -0.05) is 0 Å². The quantitative estimate of drug-likeness (QED) is 0.797. The molecule has 6 heteroatoms. The van der Waals surface area contributed by atoms with Crippen molar-refractivity contribution in [3.63, 3.8) is 0 Å². The van der Waals surface area contributed by atoms with Crippen molar-refractivity contribution >= 4 is 5.97 Å². The SMILES string of the molecule is O=C(O)CCN1CCN(Cc2ccncn2)CC1. The van der Waals surface area contributed by atoms with Gasteiger partial charge in [0.1, 0.15) is 6.33 Å². The molecule has 0 saturated carbocycles. The first-order valence-corrected chi connectivity index (χ1v) is 6.15. The minimum absolute atomic E-state index is 0.228. The summed E-state index contributed by atoms with van der Waals surface area (Å²) in [7, 11) is 0. The molecule has 2 rings (SSSR count). The Morgan fingerprint density at radius 2 is 2.00 bits per heavy atom. The number of carbonyl (C=O) groups is 1. The van der Waals surface area contributed by atoms with E-state index in [0.717, 1.165) is 38.4 Å². The van der Waals surface area contributed by atoms with Gasteiger partial charge in [0, 0.05) is 45.5 Å². The Labute approximate surface area is 106 Å². The predicted molar refractivity (Wildman–Crippen MR) is 66.0 cm³/mol. The van der Waals surface area contributed by atoms with Crippen molar-refractivity contribution in [3.8, 4) is 0 Å². The van der Waals surface area contributed by atoms with Crippen LogP contribution in [0.5, 0.6) is 0 Å². The third-order valence-corrected chi connectivity index (χ3v) is 3.14. The Kier molecular flexibility index (Phi) is 4.60. The van der Waals surface area contributed by atoms with E-state index in [-0.39, 0.29) is 6.42 Å². The average molecular weight is 250 g/mol. The van der Waals surface area contributed by atoms with Crippen LogP contribution in [0, 0.1) is 0 Å². The zero-order chi connectivity index (χ0) is 12.8. The van der Waals surface area contributed by atoms with Crippen LogP contribution >= 0.6 is 0 Å². The molecule has 0 aromatic carbocycles. The number of hydrogen-bond acceptors (Lipinski definition) is 5. The third kappa shape index (κ3) is 4.05. The predicted octanol–water partition coefficient (Wildman–Crippen LogP) is 0.0689.